The molecular weight excluding hydrogens is 546 g/mol. The number of carboxylic acids is 1. The second-order valence-corrected chi connectivity index (χ2v) is 9.91. The lowest BCUT2D eigenvalue weighted by Crippen LogP contribution is -2.57. The standard InChI is InChI=1S/C30H35N3O9/c1-18(2)27-29(37)32(16-25(34)31-21(28(36)30(38)39)13-19-9-7-6-8-10-19)22(15-33(27)26(35)17-40-3)20-11-12-23(41-4)24(14-20)42-5/h6-12,14-15,18,21,27H,13,16-17H2,1-5H3,(H,31,34)(H,38,39)/t21-,27?/m0/s1. The lowest BCUT2D eigenvalue weighted by Gasteiger charge is -2.41. The molecule has 1 heterocycles. The van der Waals surface area contributed by atoms with Crippen LogP contribution in [0.3, 0.4) is 0 Å². The van der Waals surface area contributed by atoms with E-state index in [2.05, 4.69) is 5.32 Å². The van der Waals surface area contributed by atoms with Crippen molar-refractivity contribution in [3.8, 4) is 11.5 Å². The van der Waals surface area contributed by atoms with Gasteiger partial charge in [-0.05, 0) is 29.7 Å². The summed E-state index contributed by atoms with van der Waals surface area (Å²) < 4.78 is 15.8. The molecule has 3 amide bonds. The Kier molecular flexibility index (Phi) is 10.8. The molecule has 1 aliphatic heterocycles. The van der Waals surface area contributed by atoms with E-state index in [1.54, 1.807) is 62.4 Å². The highest BCUT2D eigenvalue weighted by Gasteiger charge is 2.41. The van der Waals surface area contributed by atoms with Gasteiger partial charge in [-0.1, -0.05) is 44.2 Å². The zero-order chi connectivity index (χ0) is 31.0. The van der Waals surface area contributed by atoms with Crippen LogP contribution in [0.15, 0.2) is 54.7 Å². The van der Waals surface area contributed by atoms with Gasteiger partial charge in [0.05, 0.1) is 19.9 Å². The Labute approximate surface area is 243 Å². The van der Waals surface area contributed by atoms with Gasteiger partial charge in [0.15, 0.2) is 11.5 Å². The van der Waals surface area contributed by atoms with Gasteiger partial charge in [-0.3, -0.25) is 24.1 Å². The Morgan fingerprint density at radius 2 is 1.64 bits per heavy atom. The Bertz CT molecular complexity index is 1360. The van der Waals surface area contributed by atoms with E-state index in [-0.39, 0.29) is 24.6 Å². The maximum atomic E-state index is 14.0. The molecule has 224 valence electrons. The molecule has 2 atom stereocenters. The van der Waals surface area contributed by atoms with Gasteiger partial charge in [-0.25, -0.2) is 4.79 Å². The zero-order valence-corrected chi connectivity index (χ0v) is 24.2. The van der Waals surface area contributed by atoms with Crippen molar-refractivity contribution in [3.05, 3.63) is 65.9 Å². The fraction of sp³-hybridized carbons (Fsp3) is 0.367. The van der Waals surface area contributed by atoms with E-state index >= 15 is 0 Å². The lowest BCUT2D eigenvalue weighted by atomic mass is 9.96. The number of aliphatic carboxylic acids is 1. The summed E-state index contributed by atoms with van der Waals surface area (Å²) in [5.41, 5.74) is 1.29. The molecule has 0 aromatic heterocycles. The maximum Gasteiger partial charge on any atom is 0.374 e. The van der Waals surface area contributed by atoms with Crippen LogP contribution in [0, 0.1) is 5.92 Å². The number of hydrogen-bond acceptors (Lipinski definition) is 8. The number of hydrogen-bond donors (Lipinski definition) is 2. The Balaban J connectivity index is 2.03. The third-order valence-corrected chi connectivity index (χ3v) is 6.68. The van der Waals surface area contributed by atoms with Crippen LogP contribution in [0.25, 0.3) is 5.70 Å². The first-order valence-electron chi connectivity index (χ1n) is 13.2. The van der Waals surface area contributed by atoms with Gasteiger partial charge < -0.3 is 29.5 Å². The molecule has 2 N–H and O–H groups in total. The molecular formula is C30H35N3O9. The first-order valence-corrected chi connectivity index (χ1v) is 13.2. The van der Waals surface area contributed by atoms with E-state index in [1.807, 2.05) is 0 Å². The van der Waals surface area contributed by atoms with Crippen LogP contribution in [-0.2, 0) is 35.1 Å². The SMILES string of the molecule is COCC(=O)N1C=C(c2ccc(OC)c(OC)c2)N(CC(=O)N[C@@H](Cc2ccccc2)C(=O)C(=O)O)C(=O)C1C(C)C. The van der Waals surface area contributed by atoms with Crippen molar-refractivity contribution >= 4 is 35.2 Å². The van der Waals surface area contributed by atoms with Crippen LogP contribution in [-0.4, -0.2) is 90.9 Å². The van der Waals surface area contributed by atoms with Crippen molar-refractivity contribution in [2.45, 2.75) is 32.4 Å². The van der Waals surface area contributed by atoms with Crippen molar-refractivity contribution in [1.82, 2.24) is 15.1 Å². The number of ketones is 1. The van der Waals surface area contributed by atoms with Crippen LogP contribution in [0.2, 0.25) is 0 Å². The third kappa shape index (κ3) is 7.32. The van der Waals surface area contributed by atoms with Gasteiger partial charge in [-0.15, -0.1) is 0 Å². The van der Waals surface area contributed by atoms with Crippen molar-refractivity contribution in [2.75, 3.05) is 34.5 Å². The number of carbonyl (C=O) groups is 5. The smallest absolute Gasteiger partial charge is 0.374 e. The van der Waals surface area contributed by atoms with E-state index in [0.29, 0.717) is 22.6 Å². The van der Waals surface area contributed by atoms with Gasteiger partial charge in [0, 0.05) is 25.3 Å². The van der Waals surface area contributed by atoms with Crippen LogP contribution in [0.5, 0.6) is 11.5 Å². The average Bonchev–Trinajstić information content (AvgIpc) is 2.97. The molecule has 0 saturated heterocycles. The predicted octanol–water partition coefficient (Wildman–Crippen LogP) is 1.73. The molecule has 3 rings (SSSR count). The van der Waals surface area contributed by atoms with Gasteiger partial charge in [-0.2, -0.15) is 0 Å². The summed E-state index contributed by atoms with van der Waals surface area (Å²) in [7, 11) is 4.29. The topological polar surface area (TPSA) is 152 Å². The number of carboxylic acid groups (broad SMARTS) is 1. The predicted molar refractivity (Wildman–Crippen MR) is 151 cm³/mol. The summed E-state index contributed by atoms with van der Waals surface area (Å²) in [6.07, 6.45) is 1.42. The molecule has 1 aliphatic rings. The molecule has 2 aromatic carbocycles. The number of ether oxygens (including phenoxy) is 3. The summed E-state index contributed by atoms with van der Waals surface area (Å²) in [4.78, 5) is 66.9. The summed E-state index contributed by atoms with van der Waals surface area (Å²) in [5, 5.41) is 11.9. The van der Waals surface area contributed by atoms with Crippen molar-refractivity contribution in [2.24, 2.45) is 5.92 Å². The number of rotatable bonds is 13. The van der Waals surface area contributed by atoms with E-state index in [9.17, 15) is 29.1 Å². The number of nitrogens with one attached hydrogen (secondary N) is 1. The van der Waals surface area contributed by atoms with Crippen LogP contribution >= 0.6 is 0 Å². The number of benzene rings is 2. The molecule has 42 heavy (non-hydrogen) atoms. The molecule has 12 nitrogen and oxygen atoms in total. The van der Waals surface area contributed by atoms with Crippen molar-refractivity contribution in [3.63, 3.8) is 0 Å². The first kappa shape index (κ1) is 31.8. The first-order chi connectivity index (χ1) is 20.0. The summed E-state index contributed by atoms with van der Waals surface area (Å²) in [5.74, 6) is -4.20. The molecule has 1 unspecified atom stereocenters. The molecule has 0 aliphatic carbocycles. The second-order valence-electron chi connectivity index (χ2n) is 9.91. The molecule has 2 aromatic rings. The van der Waals surface area contributed by atoms with Crippen molar-refractivity contribution < 1.29 is 43.3 Å². The number of carbonyl (C=O) groups excluding carboxylic acids is 4. The molecule has 12 heteroatoms. The number of amides is 3. The minimum absolute atomic E-state index is 0.0576. The zero-order valence-electron chi connectivity index (χ0n) is 24.2. The van der Waals surface area contributed by atoms with Crippen LogP contribution < -0.4 is 14.8 Å². The quantitative estimate of drug-likeness (QED) is 0.337. The molecule has 0 fully saturated rings. The number of Topliss-reactive ketones (excluding diaryl/α,β-unsaturated/α-hetero) is 1. The highest BCUT2D eigenvalue weighted by atomic mass is 16.5. The van der Waals surface area contributed by atoms with E-state index in [1.165, 1.54) is 37.3 Å². The van der Waals surface area contributed by atoms with E-state index < -0.39 is 48.1 Å². The highest BCUT2D eigenvalue weighted by molar-refractivity contribution is 6.35. The lowest BCUT2D eigenvalue weighted by molar-refractivity contribution is -0.150. The average molecular weight is 582 g/mol. The van der Waals surface area contributed by atoms with E-state index in [0.717, 1.165) is 0 Å². The Morgan fingerprint density at radius 3 is 2.21 bits per heavy atom. The molecule has 0 radical (unpaired) electrons. The van der Waals surface area contributed by atoms with Crippen LogP contribution in [0.1, 0.15) is 25.0 Å². The normalized spacial score (nSPS) is 15.6. The van der Waals surface area contributed by atoms with Gasteiger partial charge >= 0.3 is 5.97 Å². The number of methoxy groups -OCH3 is 3. The third-order valence-electron chi connectivity index (χ3n) is 6.68. The summed E-state index contributed by atoms with van der Waals surface area (Å²) >= 11 is 0. The Morgan fingerprint density at radius 1 is 0.976 bits per heavy atom. The second kappa shape index (κ2) is 14.3. The minimum atomic E-state index is -1.69. The summed E-state index contributed by atoms with van der Waals surface area (Å²) in [6.45, 7) is 2.72. The van der Waals surface area contributed by atoms with Gasteiger partial charge in [0.1, 0.15) is 25.2 Å². The summed E-state index contributed by atoms with van der Waals surface area (Å²) in [6, 6.07) is 11.2. The van der Waals surface area contributed by atoms with Gasteiger partial charge in [0.25, 0.3) is 17.6 Å². The highest BCUT2D eigenvalue weighted by Crippen LogP contribution is 2.35. The largest absolute Gasteiger partial charge is 0.493 e. The fourth-order valence-corrected chi connectivity index (χ4v) is 4.69. The molecule has 0 saturated carbocycles. The molecule has 0 bridgehead atoms. The van der Waals surface area contributed by atoms with Gasteiger partial charge in [0.2, 0.25) is 5.91 Å². The fourth-order valence-electron chi connectivity index (χ4n) is 4.69. The van der Waals surface area contributed by atoms with Crippen LogP contribution in [0.4, 0.5) is 0 Å². The molecule has 0 spiro atoms. The Hall–Kier alpha value is -4.71. The maximum absolute atomic E-state index is 14.0. The minimum Gasteiger partial charge on any atom is -0.493 e. The van der Waals surface area contributed by atoms with E-state index in [4.69, 9.17) is 14.2 Å². The number of nitrogens with zero attached hydrogens (tertiary/aromatic N) is 2. The van der Waals surface area contributed by atoms with Crippen molar-refractivity contribution in [1.29, 1.82) is 0 Å². The monoisotopic (exact) mass is 581 g/mol.